The van der Waals surface area contributed by atoms with Gasteiger partial charge in [-0.3, -0.25) is 4.79 Å². The third kappa shape index (κ3) is 4.29. The molecule has 0 saturated carbocycles. The van der Waals surface area contributed by atoms with Crippen LogP contribution in [0.3, 0.4) is 0 Å². The second-order valence-electron chi connectivity index (χ2n) is 5.59. The molecular formula is C19H21N3O4. The van der Waals surface area contributed by atoms with E-state index in [-0.39, 0.29) is 17.4 Å². The number of aromatic nitrogens is 1. The maximum Gasteiger partial charge on any atom is 0.338 e. The Labute approximate surface area is 152 Å². The maximum absolute atomic E-state index is 12.5. The molecule has 1 heterocycles. The van der Waals surface area contributed by atoms with E-state index in [0.717, 1.165) is 5.69 Å². The number of rotatable bonds is 7. The number of likely N-dealkylation sites (N-methyl/N-ethyl adjacent to an activating group) is 1. The van der Waals surface area contributed by atoms with Crippen molar-refractivity contribution < 1.29 is 19.1 Å². The van der Waals surface area contributed by atoms with Crippen molar-refractivity contribution in [1.29, 1.82) is 5.26 Å². The van der Waals surface area contributed by atoms with Gasteiger partial charge in [-0.25, -0.2) is 4.79 Å². The van der Waals surface area contributed by atoms with Crippen LogP contribution in [0, 0.1) is 11.3 Å². The van der Waals surface area contributed by atoms with Gasteiger partial charge in [0.2, 0.25) is 0 Å². The molecule has 0 bridgehead atoms. The number of methoxy groups -OCH3 is 1. The van der Waals surface area contributed by atoms with E-state index in [2.05, 4.69) is 6.07 Å². The predicted molar refractivity (Wildman–Crippen MR) is 95.3 cm³/mol. The average molecular weight is 355 g/mol. The molecule has 0 radical (unpaired) electrons. The molecule has 7 heteroatoms. The van der Waals surface area contributed by atoms with Crippen LogP contribution in [-0.2, 0) is 9.47 Å². The number of hydrogen-bond donors (Lipinski definition) is 0. The fourth-order valence-corrected chi connectivity index (χ4v) is 2.38. The lowest BCUT2D eigenvalue weighted by atomic mass is 10.2. The Hall–Kier alpha value is -3.11. The molecule has 1 aromatic heterocycles. The van der Waals surface area contributed by atoms with Crippen molar-refractivity contribution in [2.24, 2.45) is 0 Å². The number of nitriles is 1. The summed E-state index contributed by atoms with van der Waals surface area (Å²) in [5.41, 5.74) is 1.78. The zero-order chi connectivity index (χ0) is 19.1. The first-order chi connectivity index (χ1) is 12.5. The largest absolute Gasteiger partial charge is 0.462 e. The average Bonchev–Trinajstić information content (AvgIpc) is 3.10. The summed E-state index contributed by atoms with van der Waals surface area (Å²) in [7, 11) is 3.23. The Balaban J connectivity index is 2.26. The maximum atomic E-state index is 12.5. The monoisotopic (exact) mass is 355 g/mol. The van der Waals surface area contributed by atoms with E-state index in [4.69, 9.17) is 9.47 Å². The second kappa shape index (κ2) is 8.83. The molecule has 0 spiro atoms. The summed E-state index contributed by atoms with van der Waals surface area (Å²) in [6, 6.07) is 8.80. The number of esters is 1. The standard InChI is InChI=1S/C19H21N3O4/c1-4-26-19(24)14-5-7-16(8-6-14)22-12-15(11-20)17(13-22)18(23)21(2)9-10-25-3/h5-8,12-13H,4,9-10H2,1-3H3. The van der Waals surface area contributed by atoms with Crippen molar-refractivity contribution in [2.45, 2.75) is 6.92 Å². The van der Waals surface area contributed by atoms with Crippen molar-refractivity contribution >= 4 is 11.9 Å². The van der Waals surface area contributed by atoms with Crippen LogP contribution in [-0.4, -0.2) is 55.3 Å². The SMILES string of the molecule is CCOC(=O)c1ccc(-n2cc(C#N)c(C(=O)N(C)CCOC)c2)cc1. The summed E-state index contributed by atoms with van der Waals surface area (Å²) < 4.78 is 11.6. The van der Waals surface area contributed by atoms with E-state index in [9.17, 15) is 14.9 Å². The Morgan fingerprint density at radius 1 is 1.23 bits per heavy atom. The Morgan fingerprint density at radius 2 is 1.92 bits per heavy atom. The van der Waals surface area contributed by atoms with Gasteiger partial charge in [-0.05, 0) is 31.2 Å². The summed E-state index contributed by atoms with van der Waals surface area (Å²) in [5.74, 6) is -0.639. The summed E-state index contributed by atoms with van der Waals surface area (Å²) in [6.07, 6.45) is 3.21. The van der Waals surface area contributed by atoms with Crippen molar-refractivity contribution in [3.63, 3.8) is 0 Å². The molecule has 0 unspecified atom stereocenters. The molecule has 0 saturated heterocycles. The Kier molecular flexibility index (Phi) is 6.53. The molecule has 0 aliphatic carbocycles. The van der Waals surface area contributed by atoms with Crippen LogP contribution < -0.4 is 0 Å². The molecule has 26 heavy (non-hydrogen) atoms. The predicted octanol–water partition coefficient (Wildman–Crippen LogP) is 2.24. The highest BCUT2D eigenvalue weighted by Gasteiger charge is 2.19. The summed E-state index contributed by atoms with van der Waals surface area (Å²) >= 11 is 0. The fraction of sp³-hybridized carbons (Fsp3) is 0.316. The first-order valence-corrected chi connectivity index (χ1v) is 8.15. The molecule has 1 amide bonds. The zero-order valence-corrected chi connectivity index (χ0v) is 15.1. The zero-order valence-electron chi connectivity index (χ0n) is 15.1. The van der Waals surface area contributed by atoms with Crippen LogP contribution in [0.5, 0.6) is 0 Å². The van der Waals surface area contributed by atoms with Gasteiger partial charge in [0.25, 0.3) is 5.91 Å². The highest BCUT2D eigenvalue weighted by molar-refractivity contribution is 5.96. The lowest BCUT2D eigenvalue weighted by Crippen LogP contribution is -2.30. The molecule has 2 rings (SSSR count). The van der Waals surface area contributed by atoms with Gasteiger partial charge in [0.15, 0.2) is 0 Å². The molecule has 7 nitrogen and oxygen atoms in total. The van der Waals surface area contributed by atoms with E-state index in [0.29, 0.717) is 30.9 Å². The molecule has 1 aromatic carbocycles. The highest BCUT2D eigenvalue weighted by atomic mass is 16.5. The molecule has 2 aromatic rings. The van der Waals surface area contributed by atoms with E-state index >= 15 is 0 Å². The van der Waals surface area contributed by atoms with Crippen LogP contribution in [0.1, 0.15) is 33.2 Å². The molecular weight excluding hydrogens is 334 g/mol. The van der Waals surface area contributed by atoms with Crippen LogP contribution in [0.4, 0.5) is 0 Å². The second-order valence-corrected chi connectivity index (χ2v) is 5.59. The van der Waals surface area contributed by atoms with Crippen LogP contribution in [0.15, 0.2) is 36.7 Å². The number of ether oxygens (including phenoxy) is 2. The lowest BCUT2D eigenvalue weighted by Gasteiger charge is -2.15. The summed E-state index contributed by atoms with van der Waals surface area (Å²) in [6.45, 7) is 2.91. The van der Waals surface area contributed by atoms with Crippen molar-refractivity contribution in [2.75, 3.05) is 33.9 Å². The van der Waals surface area contributed by atoms with Gasteiger partial charge in [0.05, 0.1) is 29.9 Å². The third-order valence-corrected chi connectivity index (χ3v) is 3.83. The van der Waals surface area contributed by atoms with Crippen molar-refractivity contribution in [3.8, 4) is 11.8 Å². The molecule has 0 aliphatic heterocycles. The number of carbonyl (C=O) groups is 2. The summed E-state index contributed by atoms with van der Waals surface area (Å²) in [4.78, 5) is 25.8. The number of hydrogen-bond acceptors (Lipinski definition) is 5. The number of benzene rings is 1. The normalized spacial score (nSPS) is 10.2. The topological polar surface area (TPSA) is 84.6 Å². The molecule has 0 N–H and O–H groups in total. The van der Waals surface area contributed by atoms with Gasteiger partial charge in [0, 0.05) is 38.8 Å². The van der Waals surface area contributed by atoms with Crippen molar-refractivity contribution in [3.05, 3.63) is 53.3 Å². The minimum absolute atomic E-state index is 0.250. The lowest BCUT2D eigenvalue weighted by molar-refractivity contribution is 0.0526. The number of carbonyl (C=O) groups excluding carboxylic acids is 2. The van der Waals surface area contributed by atoms with Crippen molar-refractivity contribution in [1.82, 2.24) is 9.47 Å². The minimum atomic E-state index is -0.389. The van der Waals surface area contributed by atoms with Gasteiger partial charge < -0.3 is 18.9 Å². The third-order valence-electron chi connectivity index (χ3n) is 3.83. The molecule has 136 valence electrons. The minimum Gasteiger partial charge on any atom is -0.462 e. The van der Waals surface area contributed by atoms with Gasteiger partial charge in [-0.1, -0.05) is 0 Å². The number of nitrogens with zero attached hydrogens (tertiary/aromatic N) is 3. The van der Waals surface area contributed by atoms with E-state index in [1.165, 1.54) is 4.90 Å². The van der Waals surface area contributed by atoms with E-state index in [1.807, 2.05) is 0 Å². The van der Waals surface area contributed by atoms with Crippen LogP contribution in [0.2, 0.25) is 0 Å². The van der Waals surface area contributed by atoms with Gasteiger partial charge in [-0.2, -0.15) is 5.26 Å². The molecule has 0 aliphatic rings. The first kappa shape index (κ1) is 19.2. The Bertz CT molecular complexity index is 818. The summed E-state index contributed by atoms with van der Waals surface area (Å²) in [5, 5.41) is 9.34. The van der Waals surface area contributed by atoms with E-state index < -0.39 is 0 Å². The van der Waals surface area contributed by atoms with Crippen LogP contribution >= 0.6 is 0 Å². The van der Waals surface area contributed by atoms with E-state index in [1.54, 1.807) is 62.3 Å². The van der Waals surface area contributed by atoms with Gasteiger partial charge in [0.1, 0.15) is 6.07 Å². The molecule has 0 atom stereocenters. The van der Waals surface area contributed by atoms with Crippen LogP contribution in [0.25, 0.3) is 5.69 Å². The van der Waals surface area contributed by atoms with Gasteiger partial charge in [-0.15, -0.1) is 0 Å². The number of amides is 1. The quantitative estimate of drug-likeness (QED) is 0.711. The van der Waals surface area contributed by atoms with Gasteiger partial charge >= 0.3 is 5.97 Å². The highest BCUT2D eigenvalue weighted by Crippen LogP contribution is 2.18. The fourth-order valence-electron chi connectivity index (χ4n) is 2.38. The smallest absolute Gasteiger partial charge is 0.338 e. The Morgan fingerprint density at radius 3 is 2.50 bits per heavy atom. The first-order valence-electron chi connectivity index (χ1n) is 8.15. The molecule has 0 fully saturated rings.